The van der Waals surface area contributed by atoms with Crippen LogP contribution in [-0.4, -0.2) is 41.2 Å². The lowest BCUT2D eigenvalue weighted by Gasteiger charge is -2.30. The van der Waals surface area contributed by atoms with E-state index in [-0.39, 0.29) is 36.9 Å². The Bertz CT molecular complexity index is 948. The molecule has 2 amide bonds. The number of amides is 2. The van der Waals surface area contributed by atoms with Gasteiger partial charge in [-0.25, -0.2) is 4.39 Å². The first-order valence-corrected chi connectivity index (χ1v) is 9.22. The van der Waals surface area contributed by atoms with E-state index < -0.39 is 17.6 Å². The molecule has 0 radical (unpaired) electrons. The van der Waals surface area contributed by atoms with Gasteiger partial charge in [0, 0.05) is 36.3 Å². The zero-order valence-corrected chi connectivity index (χ0v) is 15.9. The van der Waals surface area contributed by atoms with Crippen LogP contribution >= 0.6 is 0 Å². The summed E-state index contributed by atoms with van der Waals surface area (Å²) in [6.07, 6.45) is 1.40. The SMILES string of the molecule is CN(Cc1c(C=O)cccc1NCc1cccc(O)c1F)C1CCC(=O)NC1=O. The smallest absolute Gasteiger partial charge is 0.243 e. The summed E-state index contributed by atoms with van der Waals surface area (Å²) in [6.45, 7) is 0.393. The highest BCUT2D eigenvalue weighted by Crippen LogP contribution is 2.25. The Balaban J connectivity index is 1.80. The number of carbonyl (C=O) groups is 3. The lowest BCUT2D eigenvalue weighted by Crippen LogP contribution is -2.51. The molecule has 1 saturated heterocycles. The number of nitrogens with zero attached hydrogens (tertiary/aromatic N) is 1. The minimum absolute atomic E-state index is 0.109. The molecule has 1 atom stereocenters. The Hall–Kier alpha value is -3.26. The van der Waals surface area contributed by atoms with Crippen LogP contribution in [0.15, 0.2) is 36.4 Å². The average molecular weight is 399 g/mol. The summed E-state index contributed by atoms with van der Waals surface area (Å²) in [4.78, 5) is 36.8. The first kappa shape index (κ1) is 20.5. The number of nitrogens with one attached hydrogen (secondary N) is 2. The molecule has 1 fully saturated rings. The maximum absolute atomic E-state index is 14.1. The normalized spacial score (nSPS) is 16.6. The summed E-state index contributed by atoms with van der Waals surface area (Å²) in [6, 6.07) is 9.04. The van der Waals surface area contributed by atoms with Gasteiger partial charge in [0.05, 0.1) is 6.04 Å². The van der Waals surface area contributed by atoms with Gasteiger partial charge >= 0.3 is 0 Å². The van der Waals surface area contributed by atoms with Gasteiger partial charge in [0.25, 0.3) is 0 Å². The fourth-order valence-corrected chi connectivity index (χ4v) is 3.41. The molecule has 3 N–H and O–H groups in total. The second-order valence-electron chi connectivity index (χ2n) is 6.98. The van der Waals surface area contributed by atoms with E-state index in [2.05, 4.69) is 10.6 Å². The number of carbonyl (C=O) groups excluding carboxylic acids is 3. The molecular weight excluding hydrogens is 377 g/mol. The van der Waals surface area contributed by atoms with E-state index in [0.717, 1.165) is 6.29 Å². The summed E-state index contributed by atoms with van der Waals surface area (Å²) in [5.41, 5.74) is 2.02. The Labute approximate surface area is 167 Å². The van der Waals surface area contributed by atoms with Crippen molar-refractivity contribution in [1.29, 1.82) is 0 Å². The summed E-state index contributed by atoms with van der Waals surface area (Å²) in [7, 11) is 1.75. The van der Waals surface area contributed by atoms with Crippen molar-refractivity contribution >= 4 is 23.8 Å². The lowest BCUT2D eigenvalue weighted by atomic mass is 10.0. The summed E-state index contributed by atoms with van der Waals surface area (Å²) in [5, 5.41) is 15.0. The quantitative estimate of drug-likeness (QED) is 0.488. The molecular formula is C21H22FN3O4. The van der Waals surface area contributed by atoms with Gasteiger partial charge in [0.15, 0.2) is 11.6 Å². The number of benzene rings is 2. The number of rotatable bonds is 7. The zero-order chi connectivity index (χ0) is 21.0. The molecule has 1 unspecified atom stereocenters. The van der Waals surface area contributed by atoms with Gasteiger partial charge in [-0.2, -0.15) is 0 Å². The van der Waals surface area contributed by atoms with E-state index in [1.807, 2.05) is 0 Å². The number of phenolic OH excluding ortho intramolecular Hbond substituents is 1. The predicted octanol–water partition coefficient (Wildman–Crippen LogP) is 2.19. The molecule has 0 saturated carbocycles. The lowest BCUT2D eigenvalue weighted by molar-refractivity contribution is -0.137. The van der Waals surface area contributed by atoms with Crippen molar-refractivity contribution in [2.45, 2.75) is 32.0 Å². The summed E-state index contributed by atoms with van der Waals surface area (Å²) in [5.74, 6) is -1.77. The second-order valence-corrected chi connectivity index (χ2v) is 6.98. The van der Waals surface area contributed by atoms with E-state index in [4.69, 9.17) is 0 Å². The minimum atomic E-state index is -0.700. The van der Waals surface area contributed by atoms with Crippen LogP contribution in [0.4, 0.5) is 10.1 Å². The molecule has 2 aromatic carbocycles. The number of anilines is 1. The Morgan fingerprint density at radius 3 is 2.76 bits per heavy atom. The van der Waals surface area contributed by atoms with E-state index in [9.17, 15) is 23.9 Å². The molecule has 29 heavy (non-hydrogen) atoms. The number of piperidine rings is 1. The molecule has 1 aliphatic heterocycles. The monoisotopic (exact) mass is 399 g/mol. The van der Waals surface area contributed by atoms with Crippen molar-refractivity contribution in [3.8, 4) is 5.75 Å². The first-order chi connectivity index (χ1) is 13.9. The number of phenols is 1. The third-order valence-corrected chi connectivity index (χ3v) is 5.02. The molecule has 1 aliphatic rings. The highest BCUT2D eigenvalue weighted by Gasteiger charge is 2.30. The van der Waals surface area contributed by atoms with Crippen molar-refractivity contribution in [2.24, 2.45) is 0 Å². The zero-order valence-electron chi connectivity index (χ0n) is 15.9. The van der Waals surface area contributed by atoms with E-state index in [0.29, 0.717) is 23.2 Å². The van der Waals surface area contributed by atoms with Crippen molar-refractivity contribution in [2.75, 3.05) is 12.4 Å². The maximum Gasteiger partial charge on any atom is 0.243 e. The third kappa shape index (κ3) is 4.60. The van der Waals surface area contributed by atoms with Gasteiger partial charge in [-0.05, 0) is 31.2 Å². The van der Waals surface area contributed by atoms with Crippen LogP contribution in [0.2, 0.25) is 0 Å². The van der Waals surface area contributed by atoms with Gasteiger partial charge in [-0.15, -0.1) is 0 Å². The molecule has 152 valence electrons. The highest BCUT2D eigenvalue weighted by molar-refractivity contribution is 6.00. The van der Waals surface area contributed by atoms with Crippen LogP contribution in [0, 0.1) is 5.82 Å². The number of aldehydes is 1. The molecule has 0 aromatic heterocycles. The van der Waals surface area contributed by atoms with Gasteiger partial charge in [-0.1, -0.05) is 24.3 Å². The Morgan fingerprint density at radius 1 is 1.28 bits per heavy atom. The van der Waals surface area contributed by atoms with Crippen LogP contribution in [0.3, 0.4) is 0 Å². The number of hydrogen-bond acceptors (Lipinski definition) is 6. The van der Waals surface area contributed by atoms with Gasteiger partial charge in [-0.3, -0.25) is 24.6 Å². The molecule has 7 nitrogen and oxygen atoms in total. The van der Waals surface area contributed by atoms with E-state index in [1.54, 1.807) is 42.3 Å². The topological polar surface area (TPSA) is 98.7 Å². The van der Waals surface area contributed by atoms with E-state index >= 15 is 0 Å². The van der Waals surface area contributed by atoms with Crippen LogP contribution in [0.1, 0.15) is 34.3 Å². The van der Waals surface area contributed by atoms with Crippen LogP contribution < -0.4 is 10.6 Å². The second kappa shape index (κ2) is 8.83. The molecule has 2 aromatic rings. The molecule has 0 spiro atoms. The average Bonchev–Trinajstić information content (AvgIpc) is 2.69. The largest absolute Gasteiger partial charge is 0.505 e. The summed E-state index contributed by atoms with van der Waals surface area (Å²) >= 11 is 0. The standard InChI is InChI=1S/C21H22FN3O4/c1-25(17-8-9-19(28)24-21(17)29)11-15-14(12-26)5-2-6-16(15)23-10-13-4-3-7-18(27)20(13)22/h2-7,12,17,23,27H,8-11H2,1H3,(H,24,28,29). The number of halogens is 1. The number of hydrogen-bond donors (Lipinski definition) is 3. The van der Waals surface area contributed by atoms with Crippen LogP contribution in [0.25, 0.3) is 0 Å². The molecule has 1 heterocycles. The minimum Gasteiger partial charge on any atom is -0.505 e. The molecule has 0 aliphatic carbocycles. The van der Waals surface area contributed by atoms with Gasteiger partial charge in [0.2, 0.25) is 11.8 Å². The van der Waals surface area contributed by atoms with Gasteiger partial charge in [0.1, 0.15) is 6.29 Å². The molecule has 8 heteroatoms. The number of imide groups is 1. The Kier molecular flexibility index (Phi) is 6.23. The fraction of sp³-hybridized carbons (Fsp3) is 0.286. The highest BCUT2D eigenvalue weighted by atomic mass is 19.1. The first-order valence-electron chi connectivity index (χ1n) is 9.22. The number of aromatic hydroxyl groups is 1. The fourth-order valence-electron chi connectivity index (χ4n) is 3.41. The number of likely N-dealkylation sites (N-methyl/N-ethyl adjacent to an activating group) is 1. The van der Waals surface area contributed by atoms with Crippen molar-refractivity contribution < 1.29 is 23.9 Å². The maximum atomic E-state index is 14.1. The molecule has 0 bridgehead atoms. The Morgan fingerprint density at radius 2 is 2.03 bits per heavy atom. The van der Waals surface area contributed by atoms with Crippen molar-refractivity contribution in [3.05, 3.63) is 58.9 Å². The van der Waals surface area contributed by atoms with Crippen LogP contribution in [-0.2, 0) is 22.7 Å². The van der Waals surface area contributed by atoms with Crippen molar-refractivity contribution in [3.63, 3.8) is 0 Å². The predicted molar refractivity (Wildman–Crippen MR) is 105 cm³/mol. The van der Waals surface area contributed by atoms with Crippen LogP contribution in [0.5, 0.6) is 5.75 Å². The van der Waals surface area contributed by atoms with Crippen molar-refractivity contribution in [1.82, 2.24) is 10.2 Å². The van der Waals surface area contributed by atoms with Gasteiger partial charge < -0.3 is 10.4 Å². The summed E-state index contributed by atoms with van der Waals surface area (Å²) < 4.78 is 14.1. The molecule has 3 rings (SSSR count). The third-order valence-electron chi connectivity index (χ3n) is 5.02. The van der Waals surface area contributed by atoms with E-state index in [1.165, 1.54) is 6.07 Å².